The summed E-state index contributed by atoms with van der Waals surface area (Å²) >= 11 is 0. The van der Waals surface area contributed by atoms with Gasteiger partial charge in [-0.1, -0.05) is 6.92 Å². The van der Waals surface area contributed by atoms with Gasteiger partial charge in [0.25, 0.3) is 0 Å². The summed E-state index contributed by atoms with van der Waals surface area (Å²) < 4.78 is 29.1. The number of hydrogen-bond donors (Lipinski definition) is 1. The van der Waals surface area contributed by atoms with Gasteiger partial charge in [0.2, 0.25) is 0 Å². The van der Waals surface area contributed by atoms with Crippen LogP contribution in [0.2, 0.25) is 0 Å². The largest absolute Gasteiger partial charge is 0.455 e. The maximum atomic E-state index is 12.4. The fraction of sp³-hybridized carbons (Fsp3) is 0.833. The zero-order valence-corrected chi connectivity index (χ0v) is 5.88. The number of rotatable bonds is 1. The smallest absolute Gasteiger partial charge is 0.380 e. The zero-order chi connectivity index (χ0) is 8.65. The lowest BCUT2D eigenvalue weighted by Crippen LogP contribution is -2.37. The SMILES string of the molecule is CC[C@H]1OC(=O)C(F)(F)C1O. The molecule has 0 saturated carbocycles. The van der Waals surface area contributed by atoms with Gasteiger partial charge in [-0.25, -0.2) is 4.79 Å². The molecule has 1 fully saturated rings. The van der Waals surface area contributed by atoms with Crippen LogP contribution in [0.1, 0.15) is 13.3 Å². The number of esters is 1. The van der Waals surface area contributed by atoms with E-state index in [-0.39, 0.29) is 6.42 Å². The molecule has 64 valence electrons. The lowest BCUT2D eigenvalue weighted by molar-refractivity contribution is -0.162. The van der Waals surface area contributed by atoms with Crippen molar-refractivity contribution < 1.29 is 23.4 Å². The highest BCUT2D eigenvalue weighted by atomic mass is 19.3. The monoisotopic (exact) mass is 166 g/mol. The van der Waals surface area contributed by atoms with E-state index in [0.29, 0.717) is 0 Å². The van der Waals surface area contributed by atoms with Crippen LogP contribution in [-0.4, -0.2) is 29.2 Å². The van der Waals surface area contributed by atoms with Crippen LogP contribution < -0.4 is 0 Å². The standard InChI is InChI=1S/C6H8F2O3/c1-2-3-4(9)6(7,8)5(10)11-3/h3-4,9H,2H2,1H3/t3-,4?/m1/s1. The molecule has 1 unspecified atom stereocenters. The fourth-order valence-electron chi connectivity index (χ4n) is 0.941. The van der Waals surface area contributed by atoms with Gasteiger partial charge in [-0.05, 0) is 6.42 Å². The van der Waals surface area contributed by atoms with Gasteiger partial charge in [0, 0.05) is 0 Å². The van der Waals surface area contributed by atoms with Gasteiger partial charge in [-0.3, -0.25) is 0 Å². The van der Waals surface area contributed by atoms with Crippen LogP contribution in [0.3, 0.4) is 0 Å². The number of hydrogen-bond acceptors (Lipinski definition) is 3. The summed E-state index contributed by atoms with van der Waals surface area (Å²) in [5.74, 6) is -5.35. The van der Waals surface area contributed by atoms with Crippen molar-refractivity contribution in [1.29, 1.82) is 0 Å². The molecular weight excluding hydrogens is 158 g/mol. The topological polar surface area (TPSA) is 46.5 Å². The lowest BCUT2D eigenvalue weighted by Gasteiger charge is -2.11. The van der Waals surface area contributed by atoms with E-state index in [0.717, 1.165) is 0 Å². The summed E-state index contributed by atoms with van der Waals surface area (Å²) in [4.78, 5) is 10.3. The summed E-state index contributed by atoms with van der Waals surface area (Å²) in [6.45, 7) is 1.56. The molecule has 2 atom stereocenters. The maximum absolute atomic E-state index is 12.4. The minimum Gasteiger partial charge on any atom is -0.455 e. The quantitative estimate of drug-likeness (QED) is 0.570. The molecule has 11 heavy (non-hydrogen) atoms. The molecule has 0 bridgehead atoms. The highest BCUT2D eigenvalue weighted by Crippen LogP contribution is 2.32. The summed E-state index contributed by atoms with van der Waals surface area (Å²) in [6.07, 6.45) is -2.85. The number of halogens is 2. The second-order valence-corrected chi connectivity index (χ2v) is 2.42. The predicted octanol–water partition coefficient (Wildman–Crippen LogP) is 0.318. The molecule has 0 amide bonds. The third-order valence-electron chi connectivity index (χ3n) is 1.66. The Morgan fingerprint density at radius 1 is 1.73 bits per heavy atom. The van der Waals surface area contributed by atoms with E-state index in [4.69, 9.17) is 5.11 Å². The molecule has 5 heteroatoms. The fourth-order valence-corrected chi connectivity index (χ4v) is 0.941. The zero-order valence-electron chi connectivity index (χ0n) is 5.88. The van der Waals surface area contributed by atoms with Gasteiger partial charge >= 0.3 is 11.9 Å². The van der Waals surface area contributed by atoms with Crippen molar-refractivity contribution in [2.75, 3.05) is 0 Å². The van der Waals surface area contributed by atoms with Gasteiger partial charge in [-0.15, -0.1) is 0 Å². The summed E-state index contributed by atoms with van der Waals surface area (Å²) in [7, 11) is 0. The van der Waals surface area contributed by atoms with Crippen molar-refractivity contribution in [3.8, 4) is 0 Å². The van der Waals surface area contributed by atoms with E-state index in [1.165, 1.54) is 0 Å². The molecule has 1 rings (SSSR count). The van der Waals surface area contributed by atoms with Crippen LogP contribution in [0.5, 0.6) is 0 Å². The molecule has 1 N–H and O–H groups in total. The normalized spacial score (nSPS) is 35.5. The molecule has 3 nitrogen and oxygen atoms in total. The van der Waals surface area contributed by atoms with E-state index in [2.05, 4.69) is 4.74 Å². The first-order valence-electron chi connectivity index (χ1n) is 3.27. The Balaban J connectivity index is 2.80. The predicted molar refractivity (Wildman–Crippen MR) is 31.1 cm³/mol. The van der Waals surface area contributed by atoms with Gasteiger partial charge in [0.1, 0.15) is 6.10 Å². The molecule has 0 spiro atoms. The molecule has 1 saturated heterocycles. The number of carbonyl (C=O) groups is 1. The van der Waals surface area contributed by atoms with Crippen LogP contribution in [0.25, 0.3) is 0 Å². The summed E-state index contributed by atoms with van der Waals surface area (Å²) in [6, 6.07) is 0. The Bertz CT molecular complexity index is 181. The average Bonchev–Trinajstić information content (AvgIpc) is 2.14. The Hall–Kier alpha value is -0.710. The first-order valence-corrected chi connectivity index (χ1v) is 3.27. The number of aliphatic hydroxyl groups is 1. The van der Waals surface area contributed by atoms with Crippen LogP contribution in [0.15, 0.2) is 0 Å². The number of ether oxygens (including phenoxy) is 1. The molecule has 1 aliphatic rings. The van der Waals surface area contributed by atoms with E-state index < -0.39 is 24.1 Å². The number of aliphatic hydroxyl groups excluding tert-OH is 1. The average molecular weight is 166 g/mol. The third-order valence-corrected chi connectivity index (χ3v) is 1.66. The van der Waals surface area contributed by atoms with Crippen LogP contribution in [0.4, 0.5) is 8.78 Å². The van der Waals surface area contributed by atoms with Crippen molar-refractivity contribution in [3.05, 3.63) is 0 Å². The highest BCUT2D eigenvalue weighted by molar-refractivity contribution is 5.80. The van der Waals surface area contributed by atoms with Crippen molar-refractivity contribution in [2.45, 2.75) is 31.5 Å². The molecule has 0 aromatic carbocycles. The van der Waals surface area contributed by atoms with Gasteiger partial charge in [0.15, 0.2) is 6.10 Å². The minimum absolute atomic E-state index is 0.197. The van der Waals surface area contributed by atoms with E-state index in [1.54, 1.807) is 6.92 Å². The lowest BCUT2D eigenvalue weighted by atomic mass is 10.1. The Morgan fingerprint density at radius 2 is 2.27 bits per heavy atom. The molecule has 0 radical (unpaired) electrons. The Kier molecular flexibility index (Phi) is 1.83. The van der Waals surface area contributed by atoms with Crippen molar-refractivity contribution in [2.24, 2.45) is 0 Å². The molecule has 1 aliphatic heterocycles. The van der Waals surface area contributed by atoms with Crippen molar-refractivity contribution >= 4 is 5.97 Å². The maximum Gasteiger partial charge on any atom is 0.380 e. The molecule has 0 aliphatic carbocycles. The van der Waals surface area contributed by atoms with Crippen molar-refractivity contribution in [1.82, 2.24) is 0 Å². The molecular formula is C6H8F2O3. The second-order valence-electron chi connectivity index (χ2n) is 2.42. The van der Waals surface area contributed by atoms with Crippen LogP contribution in [-0.2, 0) is 9.53 Å². The second kappa shape index (κ2) is 2.41. The number of alkyl halides is 2. The van der Waals surface area contributed by atoms with Gasteiger partial charge in [0.05, 0.1) is 0 Å². The first kappa shape index (κ1) is 8.39. The van der Waals surface area contributed by atoms with E-state index in [1.807, 2.05) is 0 Å². The van der Waals surface area contributed by atoms with E-state index >= 15 is 0 Å². The summed E-state index contributed by atoms with van der Waals surface area (Å²) in [5, 5.41) is 8.79. The highest BCUT2D eigenvalue weighted by Gasteiger charge is 2.58. The first-order chi connectivity index (χ1) is 5.00. The Labute approximate surface area is 62.0 Å². The number of carbonyl (C=O) groups excluding carboxylic acids is 1. The number of cyclic esters (lactones) is 1. The van der Waals surface area contributed by atoms with Gasteiger partial charge in [-0.2, -0.15) is 8.78 Å². The molecule has 0 aromatic rings. The third kappa shape index (κ3) is 1.09. The van der Waals surface area contributed by atoms with Crippen LogP contribution >= 0.6 is 0 Å². The van der Waals surface area contributed by atoms with Crippen molar-refractivity contribution in [3.63, 3.8) is 0 Å². The summed E-state index contributed by atoms with van der Waals surface area (Å²) in [5.41, 5.74) is 0. The van der Waals surface area contributed by atoms with E-state index in [9.17, 15) is 13.6 Å². The Morgan fingerprint density at radius 3 is 2.45 bits per heavy atom. The van der Waals surface area contributed by atoms with Crippen LogP contribution in [0, 0.1) is 0 Å². The molecule has 0 aromatic heterocycles. The minimum atomic E-state index is -3.72. The molecule has 1 heterocycles. The van der Waals surface area contributed by atoms with Gasteiger partial charge < -0.3 is 9.84 Å².